The van der Waals surface area contributed by atoms with Crippen LogP contribution in [0.4, 0.5) is 8.78 Å². The Morgan fingerprint density at radius 1 is 1.44 bits per heavy atom. The minimum Gasteiger partial charge on any atom is -0.313 e. The molecule has 1 atom stereocenters. The van der Waals surface area contributed by atoms with E-state index in [-0.39, 0.29) is 6.04 Å². The van der Waals surface area contributed by atoms with Crippen molar-refractivity contribution in [3.05, 3.63) is 35.4 Å². The molecule has 1 rings (SSSR count). The van der Waals surface area contributed by atoms with Gasteiger partial charge in [0.25, 0.3) is 0 Å². The molecule has 0 aliphatic rings. The van der Waals surface area contributed by atoms with Crippen molar-refractivity contribution in [3.8, 4) is 12.3 Å². The molecule has 0 radical (unpaired) electrons. The molecule has 0 aliphatic heterocycles. The smallest absolute Gasteiger partial charge is 0.130 e. The van der Waals surface area contributed by atoms with Gasteiger partial charge in [0.05, 0.1) is 0 Å². The van der Waals surface area contributed by atoms with E-state index < -0.39 is 11.6 Å². The zero-order valence-electron chi connectivity index (χ0n) is 9.26. The summed E-state index contributed by atoms with van der Waals surface area (Å²) in [6.07, 6.45) is 7.38. The van der Waals surface area contributed by atoms with Gasteiger partial charge in [-0.05, 0) is 26.0 Å². The van der Waals surface area contributed by atoms with E-state index in [1.165, 1.54) is 12.1 Å². The summed E-state index contributed by atoms with van der Waals surface area (Å²) < 4.78 is 26.2. The van der Waals surface area contributed by atoms with Gasteiger partial charge >= 0.3 is 0 Å². The van der Waals surface area contributed by atoms with E-state index in [4.69, 9.17) is 6.42 Å². The van der Waals surface area contributed by atoms with Crippen LogP contribution in [-0.4, -0.2) is 7.05 Å². The average Bonchev–Trinajstić information content (AvgIpc) is 2.26. The topological polar surface area (TPSA) is 12.0 Å². The largest absolute Gasteiger partial charge is 0.313 e. The molecule has 0 saturated heterocycles. The summed E-state index contributed by atoms with van der Waals surface area (Å²) in [5.41, 5.74) is 0.487. The van der Waals surface area contributed by atoms with E-state index in [2.05, 4.69) is 11.2 Å². The quantitative estimate of drug-likeness (QED) is 0.597. The first-order valence-electron chi connectivity index (χ1n) is 5.24. The lowest BCUT2D eigenvalue weighted by molar-refractivity contribution is 0.491. The van der Waals surface area contributed by atoms with Crippen molar-refractivity contribution in [1.29, 1.82) is 0 Å². The van der Waals surface area contributed by atoms with Gasteiger partial charge in [0.1, 0.15) is 11.6 Å². The third-order valence-corrected chi connectivity index (χ3v) is 2.50. The maximum Gasteiger partial charge on any atom is 0.130 e. The summed E-state index contributed by atoms with van der Waals surface area (Å²) in [6.45, 7) is 0. The number of hydrogen-bond acceptors (Lipinski definition) is 1. The molecule has 0 heterocycles. The number of terminal acetylenes is 1. The van der Waals surface area contributed by atoms with E-state index in [0.29, 0.717) is 12.0 Å². The normalized spacial score (nSPS) is 12.1. The fourth-order valence-corrected chi connectivity index (χ4v) is 1.65. The Labute approximate surface area is 94.9 Å². The fraction of sp³-hybridized carbons (Fsp3) is 0.385. The Kier molecular flexibility index (Phi) is 4.94. The van der Waals surface area contributed by atoms with Crippen LogP contribution in [0.3, 0.4) is 0 Å². The molecule has 0 bridgehead atoms. The Hall–Kier alpha value is -1.40. The van der Waals surface area contributed by atoms with Crippen molar-refractivity contribution >= 4 is 0 Å². The molecule has 0 fully saturated rings. The molecule has 1 N–H and O–H groups in total. The molecule has 1 aromatic rings. The Bertz CT molecular complexity index is 382. The molecule has 16 heavy (non-hydrogen) atoms. The highest BCUT2D eigenvalue weighted by Gasteiger charge is 2.13. The Morgan fingerprint density at radius 2 is 2.19 bits per heavy atom. The minimum absolute atomic E-state index is 0.117. The Balaban J connectivity index is 2.75. The summed E-state index contributed by atoms with van der Waals surface area (Å²) in [5, 5.41) is 3.01. The molecule has 0 amide bonds. The third-order valence-electron chi connectivity index (χ3n) is 2.50. The molecule has 0 saturated carbocycles. The summed E-state index contributed by atoms with van der Waals surface area (Å²) in [4.78, 5) is 0. The maximum absolute atomic E-state index is 13.5. The van der Waals surface area contributed by atoms with Gasteiger partial charge in [0, 0.05) is 24.1 Å². The van der Waals surface area contributed by atoms with Gasteiger partial charge in [-0.1, -0.05) is 6.07 Å². The second kappa shape index (κ2) is 6.24. The van der Waals surface area contributed by atoms with Crippen molar-refractivity contribution in [1.82, 2.24) is 5.32 Å². The lowest BCUT2D eigenvalue weighted by Gasteiger charge is -2.16. The zero-order chi connectivity index (χ0) is 12.0. The summed E-state index contributed by atoms with van der Waals surface area (Å²) in [6, 6.07) is 3.53. The van der Waals surface area contributed by atoms with E-state index >= 15 is 0 Å². The van der Waals surface area contributed by atoms with Gasteiger partial charge < -0.3 is 5.32 Å². The number of halogens is 2. The van der Waals surface area contributed by atoms with Crippen LogP contribution in [0.25, 0.3) is 0 Å². The molecular formula is C13H15F2N. The standard InChI is InChI=1S/C13H15F2N/c1-3-4-5-6-13(16-2)11-8-7-10(14)9-12(11)15/h1,7-9,13,16H,4-6H2,2H3. The second-order valence-electron chi connectivity index (χ2n) is 3.60. The SMILES string of the molecule is C#CCCCC(NC)c1ccc(F)cc1F. The van der Waals surface area contributed by atoms with Crippen molar-refractivity contribution in [2.24, 2.45) is 0 Å². The van der Waals surface area contributed by atoms with Crippen molar-refractivity contribution < 1.29 is 8.78 Å². The van der Waals surface area contributed by atoms with Crippen LogP contribution in [0.5, 0.6) is 0 Å². The van der Waals surface area contributed by atoms with Crippen LogP contribution < -0.4 is 5.32 Å². The zero-order valence-corrected chi connectivity index (χ0v) is 9.26. The van der Waals surface area contributed by atoms with E-state index in [1.807, 2.05) is 0 Å². The molecule has 0 aliphatic carbocycles. The molecule has 1 aromatic carbocycles. The number of rotatable bonds is 5. The second-order valence-corrected chi connectivity index (χ2v) is 3.60. The number of hydrogen-bond donors (Lipinski definition) is 1. The van der Waals surface area contributed by atoms with Crippen molar-refractivity contribution in [3.63, 3.8) is 0 Å². The average molecular weight is 223 g/mol. The van der Waals surface area contributed by atoms with Crippen LogP contribution in [0, 0.1) is 24.0 Å². The van der Waals surface area contributed by atoms with Gasteiger partial charge in [-0.2, -0.15) is 0 Å². The molecule has 0 aromatic heterocycles. The highest BCUT2D eigenvalue weighted by molar-refractivity contribution is 5.22. The number of benzene rings is 1. The number of unbranched alkanes of at least 4 members (excludes halogenated alkanes) is 1. The van der Waals surface area contributed by atoms with Crippen LogP contribution in [0.15, 0.2) is 18.2 Å². The van der Waals surface area contributed by atoms with E-state index in [1.54, 1.807) is 7.05 Å². The van der Waals surface area contributed by atoms with Crippen LogP contribution in [0.1, 0.15) is 30.9 Å². The summed E-state index contributed by atoms with van der Waals surface area (Å²) in [7, 11) is 1.75. The van der Waals surface area contributed by atoms with Crippen molar-refractivity contribution in [2.75, 3.05) is 7.05 Å². The molecule has 1 nitrogen and oxygen atoms in total. The third kappa shape index (κ3) is 3.32. The van der Waals surface area contributed by atoms with Gasteiger partial charge in [-0.3, -0.25) is 0 Å². The van der Waals surface area contributed by atoms with Gasteiger partial charge in [0.2, 0.25) is 0 Å². The highest BCUT2D eigenvalue weighted by atomic mass is 19.1. The van der Waals surface area contributed by atoms with Gasteiger partial charge in [-0.25, -0.2) is 8.78 Å². The van der Waals surface area contributed by atoms with Crippen LogP contribution >= 0.6 is 0 Å². The van der Waals surface area contributed by atoms with E-state index in [0.717, 1.165) is 18.9 Å². The molecule has 0 spiro atoms. The lowest BCUT2D eigenvalue weighted by atomic mass is 10.0. The van der Waals surface area contributed by atoms with Gasteiger partial charge in [-0.15, -0.1) is 12.3 Å². The first-order chi connectivity index (χ1) is 7.69. The first kappa shape index (κ1) is 12.7. The fourth-order valence-electron chi connectivity index (χ4n) is 1.65. The monoisotopic (exact) mass is 223 g/mol. The van der Waals surface area contributed by atoms with Crippen molar-refractivity contribution in [2.45, 2.75) is 25.3 Å². The molecule has 3 heteroatoms. The molecular weight excluding hydrogens is 208 g/mol. The molecule has 86 valence electrons. The minimum atomic E-state index is -0.556. The van der Waals surface area contributed by atoms with Crippen LogP contribution in [0.2, 0.25) is 0 Å². The first-order valence-corrected chi connectivity index (χ1v) is 5.24. The summed E-state index contributed by atoms with van der Waals surface area (Å²) in [5.74, 6) is 1.47. The lowest BCUT2D eigenvalue weighted by Crippen LogP contribution is -2.17. The predicted molar refractivity (Wildman–Crippen MR) is 60.8 cm³/mol. The summed E-state index contributed by atoms with van der Waals surface area (Å²) >= 11 is 0. The van der Waals surface area contributed by atoms with E-state index in [9.17, 15) is 8.78 Å². The Morgan fingerprint density at radius 3 is 2.75 bits per heavy atom. The van der Waals surface area contributed by atoms with Crippen LogP contribution in [-0.2, 0) is 0 Å². The number of nitrogens with one attached hydrogen (secondary N) is 1. The highest BCUT2D eigenvalue weighted by Crippen LogP contribution is 2.22. The van der Waals surface area contributed by atoms with Gasteiger partial charge in [0.15, 0.2) is 0 Å². The maximum atomic E-state index is 13.5. The predicted octanol–water partition coefficient (Wildman–Crippen LogP) is 3.03. The molecule has 1 unspecified atom stereocenters.